The largest absolute Gasteiger partial charge is 0.481 e. The fraction of sp³-hybridized carbons (Fsp3) is 0.600. The molecule has 2 aliphatic heterocycles. The van der Waals surface area contributed by atoms with Gasteiger partial charge >= 0.3 is 0 Å². The summed E-state index contributed by atoms with van der Waals surface area (Å²) in [6, 6.07) is 1.43. The number of amides is 2. The first-order valence-electron chi connectivity index (χ1n) is 7.79. The molecule has 23 heavy (non-hydrogen) atoms. The second-order valence-corrected chi connectivity index (χ2v) is 5.82. The Kier molecular flexibility index (Phi) is 4.31. The van der Waals surface area contributed by atoms with Crippen LogP contribution < -0.4 is 15.0 Å². The Bertz CT molecular complexity index is 613. The molecule has 124 valence electrons. The molecule has 0 radical (unpaired) electrons. The van der Waals surface area contributed by atoms with E-state index in [4.69, 9.17) is 4.74 Å². The molecule has 3 heterocycles. The van der Waals surface area contributed by atoms with E-state index in [1.807, 2.05) is 11.8 Å². The van der Waals surface area contributed by atoms with Gasteiger partial charge in [-0.3, -0.25) is 9.59 Å². The highest BCUT2D eigenvalue weighted by molar-refractivity contribution is 5.90. The van der Waals surface area contributed by atoms with Gasteiger partial charge in [0.1, 0.15) is 6.04 Å². The van der Waals surface area contributed by atoms with E-state index in [-0.39, 0.29) is 17.9 Å². The number of aryl methyl sites for hydroxylation is 1. The number of aromatic nitrogens is 2. The van der Waals surface area contributed by atoms with Crippen molar-refractivity contribution in [2.75, 3.05) is 38.2 Å². The lowest BCUT2D eigenvalue weighted by Crippen LogP contribution is -2.53. The average molecular weight is 319 g/mol. The minimum atomic E-state index is -0.357. The van der Waals surface area contributed by atoms with E-state index in [2.05, 4.69) is 15.3 Å². The van der Waals surface area contributed by atoms with E-state index in [0.717, 1.165) is 5.69 Å². The summed E-state index contributed by atoms with van der Waals surface area (Å²) < 4.78 is 5.18. The van der Waals surface area contributed by atoms with Crippen molar-refractivity contribution in [2.45, 2.75) is 25.8 Å². The van der Waals surface area contributed by atoms with Gasteiger partial charge in [0.05, 0.1) is 7.11 Å². The molecular formula is C15H21N5O3. The first-order valence-corrected chi connectivity index (χ1v) is 7.79. The van der Waals surface area contributed by atoms with Gasteiger partial charge < -0.3 is 19.9 Å². The maximum Gasteiger partial charge on any atom is 0.245 e. The molecule has 2 fully saturated rings. The van der Waals surface area contributed by atoms with E-state index in [0.29, 0.717) is 50.8 Å². The van der Waals surface area contributed by atoms with Crippen molar-refractivity contribution < 1.29 is 14.3 Å². The third-order valence-electron chi connectivity index (χ3n) is 4.20. The quantitative estimate of drug-likeness (QED) is 0.824. The van der Waals surface area contributed by atoms with Crippen LogP contribution in [0.1, 0.15) is 18.5 Å². The molecule has 2 saturated heterocycles. The van der Waals surface area contributed by atoms with E-state index in [1.165, 1.54) is 0 Å². The molecule has 1 aromatic heterocycles. The van der Waals surface area contributed by atoms with Crippen molar-refractivity contribution in [3.05, 3.63) is 11.8 Å². The van der Waals surface area contributed by atoms with Gasteiger partial charge in [0.15, 0.2) is 0 Å². The second-order valence-electron chi connectivity index (χ2n) is 5.82. The molecule has 1 aromatic rings. The van der Waals surface area contributed by atoms with E-state index >= 15 is 0 Å². The Morgan fingerprint density at radius 1 is 1.30 bits per heavy atom. The fourth-order valence-electron chi connectivity index (χ4n) is 2.92. The van der Waals surface area contributed by atoms with Gasteiger partial charge in [0.2, 0.25) is 23.6 Å². The van der Waals surface area contributed by atoms with Gasteiger partial charge in [0.25, 0.3) is 0 Å². The lowest BCUT2D eigenvalue weighted by molar-refractivity contribution is -0.134. The van der Waals surface area contributed by atoms with Gasteiger partial charge in [-0.15, -0.1) is 0 Å². The minimum absolute atomic E-state index is 0.0123. The first kappa shape index (κ1) is 15.5. The van der Waals surface area contributed by atoms with Crippen LogP contribution in [0.15, 0.2) is 6.07 Å². The fourth-order valence-corrected chi connectivity index (χ4v) is 2.92. The SMILES string of the molecule is COc1cc(C)nc(N2CCN(C(=O)[C@H]3CCC(=O)N3)CC2)n1. The Morgan fingerprint density at radius 2 is 2.04 bits per heavy atom. The van der Waals surface area contributed by atoms with Gasteiger partial charge in [0, 0.05) is 44.4 Å². The standard InChI is InChI=1S/C15H21N5O3/c1-10-9-13(23-2)18-15(16-10)20-7-5-19(6-8-20)14(22)11-3-4-12(21)17-11/h9,11H,3-8H2,1-2H3,(H,17,21)/t11-/m1/s1. The summed E-state index contributed by atoms with van der Waals surface area (Å²) in [6.45, 7) is 4.43. The highest BCUT2D eigenvalue weighted by atomic mass is 16.5. The van der Waals surface area contributed by atoms with Crippen LogP contribution in [0.2, 0.25) is 0 Å². The molecule has 2 aliphatic rings. The number of methoxy groups -OCH3 is 1. The minimum Gasteiger partial charge on any atom is -0.481 e. The van der Waals surface area contributed by atoms with Crippen LogP contribution in [-0.2, 0) is 9.59 Å². The van der Waals surface area contributed by atoms with E-state index < -0.39 is 0 Å². The van der Waals surface area contributed by atoms with Gasteiger partial charge in [-0.2, -0.15) is 4.98 Å². The number of hydrogen-bond acceptors (Lipinski definition) is 6. The summed E-state index contributed by atoms with van der Waals surface area (Å²) in [7, 11) is 1.58. The van der Waals surface area contributed by atoms with Crippen molar-refractivity contribution in [3.8, 4) is 5.88 Å². The van der Waals surface area contributed by atoms with Crippen molar-refractivity contribution in [1.82, 2.24) is 20.2 Å². The summed E-state index contributed by atoms with van der Waals surface area (Å²) in [6.07, 6.45) is 1.03. The molecule has 0 aliphatic carbocycles. The number of nitrogens with zero attached hydrogens (tertiary/aromatic N) is 4. The van der Waals surface area contributed by atoms with E-state index in [1.54, 1.807) is 18.1 Å². The molecule has 0 aromatic carbocycles. The molecule has 0 spiro atoms. The Morgan fingerprint density at radius 3 is 2.65 bits per heavy atom. The summed E-state index contributed by atoms with van der Waals surface area (Å²) >= 11 is 0. The summed E-state index contributed by atoms with van der Waals surface area (Å²) in [5.41, 5.74) is 0.846. The van der Waals surface area contributed by atoms with Crippen LogP contribution in [0.25, 0.3) is 0 Å². The Labute approximate surface area is 134 Å². The van der Waals surface area contributed by atoms with E-state index in [9.17, 15) is 9.59 Å². The van der Waals surface area contributed by atoms with Crippen LogP contribution in [0.5, 0.6) is 5.88 Å². The average Bonchev–Trinajstić information content (AvgIpc) is 3.00. The third-order valence-corrected chi connectivity index (χ3v) is 4.20. The Hall–Kier alpha value is -2.38. The van der Waals surface area contributed by atoms with Gasteiger partial charge in [-0.05, 0) is 13.3 Å². The zero-order valence-corrected chi connectivity index (χ0v) is 13.4. The number of rotatable bonds is 3. The molecule has 0 unspecified atom stereocenters. The predicted octanol–water partition coefficient (Wildman–Crippen LogP) is -0.279. The zero-order valence-electron chi connectivity index (χ0n) is 13.4. The van der Waals surface area contributed by atoms with Gasteiger partial charge in [-0.1, -0.05) is 0 Å². The molecule has 0 bridgehead atoms. The lowest BCUT2D eigenvalue weighted by Gasteiger charge is -2.36. The number of ether oxygens (including phenoxy) is 1. The maximum absolute atomic E-state index is 12.4. The summed E-state index contributed by atoms with van der Waals surface area (Å²) in [4.78, 5) is 36.3. The number of nitrogens with one attached hydrogen (secondary N) is 1. The maximum atomic E-state index is 12.4. The highest BCUT2D eigenvalue weighted by Crippen LogP contribution is 2.18. The predicted molar refractivity (Wildman–Crippen MR) is 83.3 cm³/mol. The van der Waals surface area contributed by atoms with Crippen molar-refractivity contribution in [3.63, 3.8) is 0 Å². The smallest absolute Gasteiger partial charge is 0.245 e. The van der Waals surface area contributed by atoms with Crippen molar-refractivity contribution in [2.24, 2.45) is 0 Å². The van der Waals surface area contributed by atoms with Gasteiger partial charge in [-0.25, -0.2) is 4.98 Å². The Balaban J connectivity index is 1.61. The lowest BCUT2D eigenvalue weighted by atomic mass is 10.2. The topological polar surface area (TPSA) is 87.7 Å². The number of carbonyl (C=O) groups excluding carboxylic acids is 2. The van der Waals surface area contributed by atoms with Crippen LogP contribution in [0.4, 0.5) is 5.95 Å². The zero-order chi connectivity index (χ0) is 16.4. The van der Waals surface area contributed by atoms with Crippen LogP contribution in [-0.4, -0.2) is 66.0 Å². The van der Waals surface area contributed by atoms with Crippen LogP contribution in [0, 0.1) is 6.92 Å². The highest BCUT2D eigenvalue weighted by Gasteiger charge is 2.32. The number of piperazine rings is 1. The van der Waals surface area contributed by atoms with Crippen LogP contribution in [0.3, 0.4) is 0 Å². The molecule has 2 amide bonds. The second kappa shape index (κ2) is 6.39. The number of hydrogen-bond donors (Lipinski definition) is 1. The molecule has 0 saturated carbocycles. The molecule has 3 rings (SSSR count). The summed E-state index contributed by atoms with van der Waals surface area (Å²) in [5, 5.41) is 2.73. The molecule has 1 N–H and O–H groups in total. The number of anilines is 1. The summed E-state index contributed by atoms with van der Waals surface area (Å²) in [5.74, 6) is 1.14. The number of carbonyl (C=O) groups is 2. The monoisotopic (exact) mass is 319 g/mol. The molecule has 1 atom stereocenters. The normalized spacial score (nSPS) is 21.3. The third kappa shape index (κ3) is 3.35. The molecule has 8 nitrogen and oxygen atoms in total. The van der Waals surface area contributed by atoms with Crippen LogP contribution >= 0.6 is 0 Å². The molecule has 8 heteroatoms. The van der Waals surface area contributed by atoms with Crippen molar-refractivity contribution >= 4 is 17.8 Å². The first-order chi connectivity index (χ1) is 11.1. The van der Waals surface area contributed by atoms with Crippen molar-refractivity contribution in [1.29, 1.82) is 0 Å². The molecular weight excluding hydrogens is 298 g/mol.